The first-order chi connectivity index (χ1) is 4.97. The van der Waals surface area contributed by atoms with E-state index in [0.717, 1.165) is 0 Å². The second kappa shape index (κ2) is 3.03. The molecule has 1 aromatic rings. The highest BCUT2D eigenvalue weighted by molar-refractivity contribution is 5.34. The third-order valence-corrected chi connectivity index (χ3v) is 1.78. The van der Waals surface area contributed by atoms with Gasteiger partial charge in [-0.15, -0.1) is 0 Å². The third kappa shape index (κ3) is 1.01. The fourth-order valence-corrected chi connectivity index (χ4v) is 1.14. The summed E-state index contributed by atoms with van der Waals surface area (Å²) in [6.07, 6.45) is 2.60. The predicted octanol–water partition coefficient (Wildman–Crippen LogP) is 1.92. The van der Waals surface area contributed by atoms with Gasteiger partial charge in [-0.1, -0.05) is 24.3 Å². The monoisotopic (exact) mass is 131 g/mol. The highest BCUT2D eigenvalue weighted by Crippen LogP contribution is 2.20. The normalized spacial score (nSPS) is 11.8. The molecule has 0 saturated heterocycles. The van der Waals surface area contributed by atoms with E-state index in [9.17, 15) is 0 Å². The zero-order valence-electron chi connectivity index (χ0n) is 5.75. The smallest absolute Gasteiger partial charge is 0.0462 e. The van der Waals surface area contributed by atoms with Crippen LogP contribution in [0.25, 0.3) is 0 Å². The Labute approximate surface area is 60.9 Å². The Morgan fingerprint density at radius 1 is 1.00 bits per heavy atom. The summed E-state index contributed by atoms with van der Waals surface area (Å²) in [4.78, 5) is 0. The molecule has 0 radical (unpaired) electrons. The largest absolute Gasteiger partial charge is 0.202 e. The molecule has 0 aromatic heterocycles. The first kappa shape index (κ1) is 6.82. The van der Waals surface area contributed by atoms with Crippen molar-refractivity contribution in [2.24, 2.45) is 0 Å². The number of fused-ring (bicyclic) bond motifs is 1. The zero-order chi connectivity index (χ0) is 7.40. The van der Waals surface area contributed by atoms with Gasteiger partial charge in [0.25, 0.3) is 0 Å². The number of rotatable bonds is 0. The van der Waals surface area contributed by atoms with Crippen LogP contribution in [-0.2, 0) is 12.8 Å². The molecule has 0 spiro atoms. The molecule has 1 nitrogen and oxygen atoms in total. The molecule has 0 unspecified atom stereocenters. The number of aryl methyl sites for hydroxylation is 2. The lowest BCUT2D eigenvalue weighted by Crippen LogP contribution is -2.06. The average molecular weight is 131 g/mol. The maximum Gasteiger partial charge on any atom is 0.0462 e. The van der Waals surface area contributed by atoms with Gasteiger partial charge in [0.1, 0.15) is 0 Å². The van der Waals surface area contributed by atoms with Gasteiger partial charge in [0.05, 0.1) is 0 Å². The summed E-state index contributed by atoms with van der Waals surface area (Å²) >= 11 is 0. The molecule has 0 saturated carbocycles. The molecule has 1 aliphatic carbocycles. The second-order valence-electron chi connectivity index (χ2n) is 2.27. The summed E-state index contributed by atoms with van der Waals surface area (Å²) in [6, 6.07) is 8.63. The van der Waals surface area contributed by atoms with Gasteiger partial charge in [-0.25, -0.2) is 5.26 Å². The Bertz CT molecular complexity index is 214. The van der Waals surface area contributed by atoms with E-state index in [2.05, 4.69) is 30.8 Å². The minimum Gasteiger partial charge on any atom is -0.202 e. The van der Waals surface area contributed by atoms with Crippen molar-refractivity contribution in [1.29, 1.82) is 5.26 Å². The van der Waals surface area contributed by atoms with E-state index in [4.69, 9.17) is 5.26 Å². The molecule has 0 heterocycles. The van der Waals surface area contributed by atoms with Crippen LogP contribution in [0.4, 0.5) is 0 Å². The molecular weight excluding hydrogens is 122 g/mol. The molecule has 0 amide bonds. The van der Waals surface area contributed by atoms with Gasteiger partial charge in [0, 0.05) is 6.57 Å². The third-order valence-electron chi connectivity index (χ3n) is 1.78. The van der Waals surface area contributed by atoms with Crippen molar-refractivity contribution >= 4 is 0 Å². The lowest BCUT2D eigenvalue weighted by atomic mass is 9.89. The first-order valence-electron chi connectivity index (χ1n) is 3.29. The van der Waals surface area contributed by atoms with Crippen LogP contribution in [0.5, 0.6) is 0 Å². The van der Waals surface area contributed by atoms with Crippen LogP contribution in [0.3, 0.4) is 0 Å². The van der Waals surface area contributed by atoms with Crippen molar-refractivity contribution in [3.05, 3.63) is 35.4 Å². The maximum absolute atomic E-state index is 6.50. The fraction of sp³-hybridized carbons (Fsp3) is 0.222. The molecule has 0 aliphatic heterocycles. The predicted molar refractivity (Wildman–Crippen MR) is 40.5 cm³/mol. The molecule has 0 fully saturated rings. The van der Waals surface area contributed by atoms with Crippen LogP contribution in [0, 0.1) is 11.8 Å². The molecule has 10 heavy (non-hydrogen) atoms. The highest BCUT2D eigenvalue weighted by Gasteiger charge is 2.09. The summed E-state index contributed by atoms with van der Waals surface area (Å²) in [7, 11) is 0. The maximum atomic E-state index is 6.50. The van der Waals surface area contributed by atoms with E-state index in [1.807, 2.05) is 0 Å². The SMILES string of the molecule is C#N.c1ccc2c(c1)CC2. The van der Waals surface area contributed by atoms with Crippen LogP contribution >= 0.6 is 0 Å². The van der Waals surface area contributed by atoms with Crippen molar-refractivity contribution < 1.29 is 0 Å². The van der Waals surface area contributed by atoms with Crippen LogP contribution in [0.15, 0.2) is 24.3 Å². The van der Waals surface area contributed by atoms with E-state index in [0.29, 0.717) is 0 Å². The fourth-order valence-electron chi connectivity index (χ4n) is 1.14. The number of hydrogen-bond acceptors (Lipinski definition) is 1. The molecule has 2 rings (SSSR count). The van der Waals surface area contributed by atoms with Crippen LogP contribution in [0.1, 0.15) is 11.1 Å². The van der Waals surface area contributed by atoms with Crippen LogP contribution in [0.2, 0.25) is 0 Å². The number of nitriles is 1. The van der Waals surface area contributed by atoms with Crippen molar-refractivity contribution in [1.82, 2.24) is 0 Å². The van der Waals surface area contributed by atoms with Gasteiger partial charge in [0.2, 0.25) is 0 Å². The van der Waals surface area contributed by atoms with Gasteiger partial charge in [0.15, 0.2) is 0 Å². The van der Waals surface area contributed by atoms with Gasteiger partial charge in [-0.3, -0.25) is 0 Å². The summed E-state index contributed by atoms with van der Waals surface area (Å²) in [5.41, 5.74) is 3.10. The summed E-state index contributed by atoms with van der Waals surface area (Å²) in [5.74, 6) is 0. The number of nitrogens with zero attached hydrogens (tertiary/aromatic N) is 1. The van der Waals surface area contributed by atoms with Gasteiger partial charge in [-0.2, -0.15) is 0 Å². The van der Waals surface area contributed by atoms with E-state index < -0.39 is 0 Å². The first-order valence-corrected chi connectivity index (χ1v) is 3.29. The van der Waals surface area contributed by atoms with Crippen LogP contribution < -0.4 is 0 Å². The van der Waals surface area contributed by atoms with Crippen molar-refractivity contribution in [3.8, 4) is 6.57 Å². The topological polar surface area (TPSA) is 23.8 Å². The molecule has 1 heteroatoms. The standard InChI is InChI=1S/C8H8.CHN/c1-2-4-8-6-5-7(8)3-1;1-2/h1-4H,5-6H2;1H. The van der Waals surface area contributed by atoms with Gasteiger partial charge < -0.3 is 0 Å². The zero-order valence-corrected chi connectivity index (χ0v) is 5.75. The Morgan fingerprint density at radius 2 is 1.40 bits per heavy atom. The molecule has 0 atom stereocenters. The molecule has 0 N–H and O–H groups in total. The van der Waals surface area contributed by atoms with E-state index in [1.165, 1.54) is 12.8 Å². The lowest BCUT2D eigenvalue weighted by Gasteiger charge is -2.16. The Kier molecular flexibility index (Phi) is 2.07. The van der Waals surface area contributed by atoms with E-state index in [-0.39, 0.29) is 0 Å². The van der Waals surface area contributed by atoms with E-state index in [1.54, 1.807) is 11.1 Å². The van der Waals surface area contributed by atoms with Gasteiger partial charge in [-0.05, 0) is 24.0 Å². The van der Waals surface area contributed by atoms with Crippen molar-refractivity contribution in [2.75, 3.05) is 0 Å². The Hall–Kier alpha value is -1.29. The quantitative estimate of drug-likeness (QED) is 0.527. The van der Waals surface area contributed by atoms with Crippen LogP contribution in [-0.4, -0.2) is 0 Å². The van der Waals surface area contributed by atoms with Crippen molar-refractivity contribution in [2.45, 2.75) is 12.8 Å². The second-order valence-corrected chi connectivity index (χ2v) is 2.27. The van der Waals surface area contributed by atoms with E-state index >= 15 is 0 Å². The average Bonchev–Trinajstić information content (AvgIpc) is 1.96. The highest BCUT2D eigenvalue weighted by atomic mass is 14.2. The molecule has 50 valence electrons. The minimum absolute atomic E-state index is 1.30. The number of hydrogen-bond donors (Lipinski definition) is 0. The number of benzene rings is 1. The molecule has 0 bridgehead atoms. The summed E-state index contributed by atoms with van der Waals surface area (Å²) < 4.78 is 0. The summed E-state index contributed by atoms with van der Waals surface area (Å²) in [5, 5.41) is 6.50. The van der Waals surface area contributed by atoms with Crippen molar-refractivity contribution in [3.63, 3.8) is 0 Å². The Balaban J connectivity index is 0.000000231. The summed E-state index contributed by atoms with van der Waals surface area (Å²) in [6.45, 7) is 3.50. The lowest BCUT2D eigenvalue weighted by molar-refractivity contribution is 0.839. The molecule has 1 aromatic carbocycles. The Morgan fingerprint density at radius 3 is 1.60 bits per heavy atom. The van der Waals surface area contributed by atoms with Gasteiger partial charge >= 0.3 is 0 Å². The molecule has 1 aliphatic rings. The minimum atomic E-state index is 1.30. The molecular formula is C9H9N.